The van der Waals surface area contributed by atoms with Crippen LogP contribution in [0.5, 0.6) is 0 Å². The van der Waals surface area contributed by atoms with Crippen LogP contribution in [-0.4, -0.2) is 25.8 Å². The number of carboxylic acids is 1. The number of hydrogen-bond acceptors (Lipinski definition) is 4. The highest BCUT2D eigenvalue weighted by atomic mass is 127. The van der Waals surface area contributed by atoms with Gasteiger partial charge in [0.1, 0.15) is 0 Å². The van der Waals surface area contributed by atoms with Crippen LogP contribution in [0.1, 0.15) is 16.1 Å². The molecule has 11 heteroatoms. The van der Waals surface area contributed by atoms with Gasteiger partial charge in [-0.2, -0.15) is 23.0 Å². The Morgan fingerprint density at radius 3 is 2.50 bits per heavy atom. The second kappa shape index (κ2) is 5.55. The molecule has 0 saturated carbocycles. The topological polar surface area (TPSA) is 105 Å². The van der Waals surface area contributed by atoms with Crippen molar-refractivity contribution >= 4 is 28.6 Å². The summed E-state index contributed by atoms with van der Waals surface area (Å²) in [5.74, 6) is -1.71. The summed E-state index contributed by atoms with van der Waals surface area (Å²) in [5.41, 5.74) is -4.73. The van der Waals surface area contributed by atoms with Gasteiger partial charge in [-0.3, -0.25) is 9.78 Å². The summed E-state index contributed by atoms with van der Waals surface area (Å²) in [5, 5.41) is 12.1. The number of alkyl halides is 3. The first kappa shape index (κ1) is 16.2. The summed E-state index contributed by atoms with van der Waals surface area (Å²) in [4.78, 5) is 35.4. The van der Waals surface area contributed by atoms with Gasteiger partial charge in [-0.1, -0.05) is 0 Å². The molecule has 0 spiro atoms. The third-order valence-corrected chi connectivity index (χ3v) is 3.47. The molecule has 7 nitrogen and oxygen atoms in total. The standard InChI is InChI=1S/C11H5F3IN3O4/c12-11(13,14)5-3-4(1-2-6(5)15)18-10(22)16-8(19)7(17-18)9(20)21/h1-3H,(H,20,21)(H,16,19,22). The Kier molecular flexibility index (Phi) is 4.08. The smallest absolute Gasteiger partial charge is 0.417 e. The molecule has 0 aliphatic heterocycles. The molecule has 0 fully saturated rings. The van der Waals surface area contributed by atoms with Gasteiger partial charge in [0, 0.05) is 3.57 Å². The zero-order valence-electron chi connectivity index (χ0n) is 10.3. The highest BCUT2D eigenvalue weighted by molar-refractivity contribution is 14.1. The number of aromatic carboxylic acids is 1. The highest BCUT2D eigenvalue weighted by Crippen LogP contribution is 2.33. The Morgan fingerprint density at radius 1 is 1.32 bits per heavy atom. The van der Waals surface area contributed by atoms with Crippen molar-refractivity contribution in [1.29, 1.82) is 0 Å². The lowest BCUT2D eigenvalue weighted by molar-refractivity contribution is -0.138. The van der Waals surface area contributed by atoms with E-state index in [0.717, 1.165) is 12.1 Å². The van der Waals surface area contributed by atoms with Gasteiger partial charge in [0.05, 0.1) is 11.3 Å². The molecule has 0 saturated heterocycles. The largest absolute Gasteiger partial charge is 0.476 e. The molecule has 0 amide bonds. The minimum atomic E-state index is -4.66. The molecule has 116 valence electrons. The molecule has 0 aliphatic rings. The van der Waals surface area contributed by atoms with Crippen LogP contribution >= 0.6 is 22.6 Å². The maximum absolute atomic E-state index is 12.9. The number of nitrogens with zero attached hydrogens (tertiary/aromatic N) is 2. The van der Waals surface area contributed by atoms with Gasteiger partial charge >= 0.3 is 17.8 Å². The van der Waals surface area contributed by atoms with Crippen molar-refractivity contribution in [3.8, 4) is 5.69 Å². The molecule has 1 aromatic heterocycles. The van der Waals surface area contributed by atoms with E-state index in [9.17, 15) is 27.6 Å². The second-order valence-corrected chi connectivity index (χ2v) is 5.15. The van der Waals surface area contributed by atoms with Gasteiger partial charge in [0.25, 0.3) is 5.56 Å². The lowest BCUT2D eigenvalue weighted by Crippen LogP contribution is -2.35. The first-order valence-electron chi connectivity index (χ1n) is 5.45. The summed E-state index contributed by atoms with van der Waals surface area (Å²) in [7, 11) is 0. The number of nitrogens with one attached hydrogen (secondary N) is 1. The van der Waals surface area contributed by atoms with Crippen LogP contribution in [0.25, 0.3) is 5.69 Å². The summed E-state index contributed by atoms with van der Waals surface area (Å²) >= 11 is 1.47. The molecule has 22 heavy (non-hydrogen) atoms. The van der Waals surface area contributed by atoms with Crippen molar-refractivity contribution < 1.29 is 23.1 Å². The van der Waals surface area contributed by atoms with Crippen LogP contribution in [0.3, 0.4) is 0 Å². The monoisotopic (exact) mass is 427 g/mol. The van der Waals surface area contributed by atoms with Crippen molar-refractivity contribution in [3.63, 3.8) is 0 Å². The minimum Gasteiger partial charge on any atom is -0.476 e. The molecular weight excluding hydrogens is 422 g/mol. The lowest BCUT2D eigenvalue weighted by Gasteiger charge is -2.11. The fraction of sp³-hybridized carbons (Fsp3) is 0.0909. The zero-order chi connectivity index (χ0) is 16.7. The number of benzene rings is 1. The van der Waals surface area contributed by atoms with Crippen molar-refractivity contribution in [2.75, 3.05) is 0 Å². The van der Waals surface area contributed by atoms with Crippen LogP contribution in [0.2, 0.25) is 0 Å². The number of rotatable bonds is 2. The van der Waals surface area contributed by atoms with Crippen molar-refractivity contribution in [2.24, 2.45) is 0 Å². The molecule has 2 N–H and O–H groups in total. The van der Waals surface area contributed by atoms with Crippen LogP contribution < -0.4 is 11.2 Å². The van der Waals surface area contributed by atoms with Crippen LogP contribution in [0.4, 0.5) is 13.2 Å². The van der Waals surface area contributed by atoms with Gasteiger partial charge in [-0.15, -0.1) is 0 Å². The molecule has 0 radical (unpaired) electrons. The van der Waals surface area contributed by atoms with Crippen LogP contribution in [0, 0.1) is 3.57 Å². The van der Waals surface area contributed by atoms with E-state index in [1.165, 1.54) is 22.6 Å². The Labute approximate surface area is 132 Å². The van der Waals surface area contributed by atoms with Crippen LogP contribution in [0.15, 0.2) is 27.8 Å². The molecule has 2 rings (SSSR count). The molecule has 1 aromatic carbocycles. The fourth-order valence-electron chi connectivity index (χ4n) is 1.58. The minimum absolute atomic E-state index is 0.107. The van der Waals surface area contributed by atoms with Gasteiger partial charge in [-0.05, 0) is 40.8 Å². The normalized spacial score (nSPS) is 11.5. The Morgan fingerprint density at radius 2 is 1.95 bits per heavy atom. The first-order valence-corrected chi connectivity index (χ1v) is 6.53. The molecular formula is C11H5F3IN3O4. The number of halogens is 4. The fourth-order valence-corrected chi connectivity index (χ4v) is 2.22. The Hall–Kier alpha value is -2.18. The number of aromatic nitrogens is 3. The van der Waals surface area contributed by atoms with Gasteiger partial charge < -0.3 is 5.11 Å². The van der Waals surface area contributed by atoms with E-state index in [2.05, 4.69) is 5.10 Å². The van der Waals surface area contributed by atoms with E-state index in [1.54, 1.807) is 4.98 Å². The van der Waals surface area contributed by atoms with E-state index in [1.807, 2.05) is 0 Å². The third kappa shape index (κ3) is 3.03. The summed E-state index contributed by atoms with van der Waals surface area (Å²) in [6.45, 7) is 0. The predicted octanol–water partition coefficient (Wildman–Crippen LogP) is 1.24. The molecule has 0 aliphatic carbocycles. The molecule has 2 aromatic rings. The number of H-pyrrole nitrogens is 1. The maximum atomic E-state index is 12.9. The maximum Gasteiger partial charge on any atom is 0.417 e. The van der Waals surface area contributed by atoms with Crippen LogP contribution in [-0.2, 0) is 6.18 Å². The lowest BCUT2D eigenvalue weighted by atomic mass is 10.2. The first-order chi connectivity index (χ1) is 10.1. The van der Waals surface area contributed by atoms with Gasteiger partial charge in [0.15, 0.2) is 0 Å². The average molecular weight is 427 g/mol. The van der Waals surface area contributed by atoms with E-state index in [0.29, 0.717) is 10.7 Å². The van der Waals surface area contributed by atoms with Crippen molar-refractivity contribution in [3.05, 3.63) is 53.9 Å². The molecule has 0 atom stereocenters. The summed E-state index contributed by atoms with van der Waals surface area (Å²) in [6.07, 6.45) is -4.66. The average Bonchev–Trinajstić information content (AvgIpc) is 2.38. The summed E-state index contributed by atoms with van der Waals surface area (Å²) < 4.78 is 38.8. The highest BCUT2D eigenvalue weighted by Gasteiger charge is 2.33. The van der Waals surface area contributed by atoms with E-state index >= 15 is 0 Å². The number of carboxylic acid groups (broad SMARTS) is 1. The van der Waals surface area contributed by atoms with E-state index in [-0.39, 0.29) is 9.26 Å². The SMILES string of the molecule is O=C(O)c1nn(-c2ccc(I)c(C(F)(F)F)c2)c(=O)[nH]c1=O. The molecule has 0 unspecified atom stereocenters. The second-order valence-electron chi connectivity index (χ2n) is 3.99. The number of carbonyl (C=O) groups is 1. The van der Waals surface area contributed by atoms with Crippen molar-refractivity contribution in [2.45, 2.75) is 6.18 Å². The quantitative estimate of drug-likeness (QED) is 0.703. The Balaban J connectivity index is 2.73. The summed E-state index contributed by atoms with van der Waals surface area (Å²) in [6, 6.07) is 2.88. The number of hydrogen-bond donors (Lipinski definition) is 2. The molecule has 1 heterocycles. The molecule has 0 bridgehead atoms. The van der Waals surface area contributed by atoms with E-state index < -0.39 is 34.7 Å². The predicted molar refractivity (Wildman–Crippen MR) is 75.1 cm³/mol. The van der Waals surface area contributed by atoms with Crippen molar-refractivity contribution in [1.82, 2.24) is 14.8 Å². The van der Waals surface area contributed by atoms with E-state index in [4.69, 9.17) is 5.11 Å². The van der Waals surface area contributed by atoms with Gasteiger partial charge in [-0.25, -0.2) is 9.59 Å². The third-order valence-electron chi connectivity index (χ3n) is 2.53. The Bertz CT molecular complexity index is 872. The van der Waals surface area contributed by atoms with Gasteiger partial charge in [0.2, 0.25) is 5.69 Å². The number of aromatic amines is 1. The zero-order valence-corrected chi connectivity index (χ0v) is 12.5.